The van der Waals surface area contributed by atoms with E-state index in [1.165, 1.54) is 31.2 Å². The molecule has 0 bridgehead atoms. The highest BCUT2D eigenvalue weighted by molar-refractivity contribution is 7.91. The molecular formula is C16H22N2O6S2. The van der Waals surface area contributed by atoms with Gasteiger partial charge in [0.1, 0.15) is 0 Å². The highest BCUT2D eigenvalue weighted by Crippen LogP contribution is 2.22. The lowest BCUT2D eigenvalue weighted by molar-refractivity contribution is -0.122. The molecule has 2 rings (SSSR count). The molecule has 1 atom stereocenters. The van der Waals surface area contributed by atoms with E-state index in [2.05, 4.69) is 10.0 Å². The number of carbonyl (C=O) groups is 2. The average molecular weight is 402 g/mol. The second-order valence-electron chi connectivity index (χ2n) is 6.68. The van der Waals surface area contributed by atoms with Crippen molar-refractivity contribution in [2.24, 2.45) is 0 Å². The number of carbonyl (C=O) groups excluding carboxylic acids is 2. The fourth-order valence-corrected chi connectivity index (χ4v) is 5.88. The Hall–Kier alpha value is -1.78. The Morgan fingerprint density at radius 3 is 2.31 bits per heavy atom. The van der Waals surface area contributed by atoms with Crippen LogP contribution < -0.4 is 10.0 Å². The summed E-state index contributed by atoms with van der Waals surface area (Å²) in [6, 6.07) is 5.49. The summed E-state index contributed by atoms with van der Waals surface area (Å²) < 4.78 is 49.7. The van der Waals surface area contributed by atoms with E-state index < -0.39 is 31.3 Å². The van der Waals surface area contributed by atoms with Gasteiger partial charge in [0.2, 0.25) is 15.9 Å². The van der Waals surface area contributed by atoms with Gasteiger partial charge in [0, 0.05) is 18.5 Å². The van der Waals surface area contributed by atoms with Gasteiger partial charge in [-0.15, -0.1) is 0 Å². The molecule has 1 aromatic carbocycles. The van der Waals surface area contributed by atoms with Crippen LogP contribution in [-0.4, -0.2) is 52.1 Å². The maximum Gasteiger partial charge on any atom is 0.240 e. The van der Waals surface area contributed by atoms with Crippen molar-refractivity contribution >= 4 is 31.6 Å². The first-order valence-electron chi connectivity index (χ1n) is 8.05. The van der Waals surface area contributed by atoms with Gasteiger partial charge in [-0.2, -0.15) is 0 Å². The van der Waals surface area contributed by atoms with Crippen molar-refractivity contribution in [1.82, 2.24) is 10.0 Å². The Morgan fingerprint density at radius 2 is 1.81 bits per heavy atom. The third-order valence-electron chi connectivity index (χ3n) is 4.16. The van der Waals surface area contributed by atoms with Crippen LogP contribution in [-0.2, 0) is 24.7 Å². The minimum absolute atomic E-state index is 0.00300. The number of sulfonamides is 1. The van der Waals surface area contributed by atoms with Crippen LogP contribution in [0.3, 0.4) is 0 Å². The minimum Gasteiger partial charge on any atom is -0.350 e. The number of benzene rings is 1. The van der Waals surface area contributed by atoms with Crippen LogP contribution in [0.25, 0.3) is 0 Å². The number of Topliss-reactive ketones (excluding diaryl/α,β-unsaturated/α-hetero) is 1. The number of nitrogens with one attached hydrogen (secondary N) is 2. The number of ketones is 1. The van der Waals surface area contributed by atoms with E-state index in [9.17, 15) is 26.4 Å². The third kappa shape index (κ3) is 5.36. The normalized spacial score (nSPS) is 22.1. The van der Waals surface area contributed by atoms with Gasteiger partial charge in [-0.1, -0.05) is 12.1 Å². The van der Waals surface area contributed by atoms with E-state index in [0.717, 1.165) is 0 Å². The Bertz CT molecular complexity index is 907. The van der Waals surface area contributed by atoms with Crippen LogP contribution in [0.4, 0.5) is 0 Å². The molecule has 26 heavy (non-hydrogen) atoms. The predicted octanol–water partition coefficient (Wildman–Crippen LogP) is 0.251. The van der Waals surface area contributed by atoms with Crippen molar-refractivity contribution in [3.05, 3.63) is 29.8 Å². The lowest BCUT2D eigenvalue weighted by Gasteiger charge is -2.23. The Labute approximate surface area is 153 Å². The molecule has 0 spiro atoms. The molecule has 144 valence electrons. The fourth-order valence-electron chi connectivity index (χ4n) is 2.76. The molecule has 0 saturated carbocycles. The summed E-state index contributed by atoms with van der Waals surface area (Å²) in [5.41, 5.74) is -0.403. The van der Waals surface area contributed by atoms with Crippen molar-refractivity contribution in [1.29, 1.82) is 0 Å². The third-order valence-corrected chi connectivity index (χ3v) is 7.54. The summed E-state index contributed by atoms with van der Waals surface area (Å²) in [6.07, 6.45) is 0.232. The highest BCUT2D eigenvalue weighted by Gasteiger charge is 2.39. The van der Waals surface area contributed by atoms with Crippen LogP contribution in [0.5, 0.6) is 0 Å². The van der Waals surface area contributed by atoms with Gasteiger partial charge in [0.15, 0.2) is 15.6 Å². The second kappa shape index (κ2) is 7.45. The number of rotatable bonds is 7. The van der Waals surface area contributed by atoms with Gasteiger partial charge in [0.05, 0.1) is 21.9 Å². The standard InChI is InChI=1S/C16H22N2O6S2/c1-12(19)13-3-5-14(6-4-13)26(23,24)17-9-7-15(20)18-16(2)8-10-25(21,22)11-16/h3-6,17H,7-11H2,1-2H3,(H,18,20)/t16-/m1/s1. The van der Waals surface area contributed by atoms with Gasteiger partial charge >= 0.3 is 0 Å². The molecule has 2 N–H and O–H groups in total. The van der Waals surface area contributed by atoms with Gasteiger partial charge in [-0.05, 0) is 32.4 Å². The molecule has 1 aliphatic rings. The topological polar surface area (TPSA) is 126 Å². The van der Waals surface area contributed by atoms with Crippen LogP contribution in [0.15, 0.2) is 29.2 Å². The van der Waals surface area contributed by atoms with E-state index in [-0.39, 0.29) is 35.2 Å². The monoisotopic (exact) mass is 402 g/mol. The molecule has 0 radical (unpaired) electrons. The molecule has 0 unspecified atom stereocenters. The van der Waals surface area contributed by atoms with Crippen LogP contribution in [0.1, 0.15) is 37.0 Å². The summed E-state index contributed by atoms with van der Waals surface area (Å²) in [5.74, 6) is -0.660. The number of hydrogen-bond donors (Lipinski definition) is 2. The molecule has 0 aromatic heterocycles. The number of sulfone groups is 1. The first-order chi connectivity index (χ1) is 11.9. The number of amides is 1. The summed E-state index contributed by atoms with van der Waals surface area (Å²) in [7, 11) is -6.94. The van der Waals surface area contributed by atoms with E-state index in [0.29, 0.717) is 12.0 Å². The zero-order valence-electron chi connectivity index (χ0n) is 14.6. The maximum atomic E-state index is 12.2. The van der Waals surface area contributed by atoms with Crippen LogP contribution >= 0.6 is 0 Å². The summed E-state index contributed by atoms with van der Waals surface area (Å²) in [6.45, 7) is 2.93. The van der Waals surface area contributed by atoms with Crippen molar-refractivity contribution in [3.63, 3.8) is 0 Å². The molecule has 1 saturated heterocycles. The summed E-state index contributed by atoms with van der Waals surface area (Å²) in [4.78, 5) is 23.2. The summed E-state index contributed by atoms with van der Waals surface area (Å²) in [5, 5.41) is 2.67. The largest absolute Gasteiger partial charge is 0.350 e. The van der Waals surface area contributed by atoms with Crippen LogP contribution in [0.2, 0.25) is 0 Å². The van der Waals surface area contributed by atoms with Crippen molar-refractivity contribution in [3.8, 4) is 0 Å². The first-order valence-corrected chi connectivity index (χ1v) is 11.4. The smallest absolute Gasteiger partial charge is 0.240 e. The Morgan fingerprint density at radius 1 is 1.19 bits per heavy atom. The Balaban J connectivity index is 1.88. The molecule has 1 heterocycles. The molecular weight excluding hydrogens is 380 g/mol. The molecule has 8 nitrogen and oxygen atoms in total. The SMILES string of the molecule is CC(=O)c1ccc(S(=O)(=O)NCCC(=O)N[C@]2(C)CCS(=O)(=O)C2)cc1. The van der Waals surface area contributed by atoms with E-state index in [1.54, 1.807) is 6.92 Å². The molecule has 1 fully saturated rings. The summed E-state index contributed by atoms with van der Waals surface area (Å²) >= 11 is 0. The molecule has 0 aliphatic carbocycles. The lowest BCUT2D eigenvalue weighted by atomic mass is 10.0. The van der Waals surface area contributed by atoms with Gasteiger partial charge in [0.25, 0.3) is 0 Å². The first kappa shape index (κ1) is 20.5. The fraction of sp³-hybridized carbons (Fsp3) is 0.500. The molecule has 1 aromatic rings. The second-order valence-corrected chi connectivity index (χ2v) is 10.6. The van der Waals surface area contributed by atoms with E-state index in [1.807, 2.05) is 0 Å². The lowest BCUT2D eigenvalue weighted by Crippen LogP contribution is -2.47. The highest BCUT2D eigenvalue weighted by atomic mass is 32.2. The van der Waals surface area contributed by atoms with E-state index in [4.69, 9.17) is 0 Å². The molecule has 1 aliphatic heterocycles. The minimum atomic E-state index is -3.80. The van der Waals surface area contributed by atoms with Gasteiger partial charge < -0.3 is 5.32 Å². The maximum absolute atomic E-state index is 12.2. The molecule has 10 heteroatoms. The van der Waals surface area contributed by atoms with Gasteiger partial charge in [-0.25, -0.2) is 21.6 Å². The zero-order valence-corrected chi connectivity index (χ0v) is 16.2. The average Bonchev–Trinajstić information content (AvgIpc) is 2.80. The van der Waals surface area contributed by atoms with E-state index >= 15 is 0 Å². The zero-order chi connectivity index (χ0) is 19.6. The quantitative estimate of drug-likeness (QED) is 0.630. The predicted molar refractivity (Wildman–Crippen MR) is 96.1 cm³/mol. The Kier molecular flexibility index (Phi) is 5.89. The van der Waals surface area contributed by atoms with Crippen molar-refractivity contribution in [2.75, 3.05) is 18.1 Å². The van der Waals surface area contributed by atoms with Crippen LogP contribution in [0, 0.1) is 0 Å². The van der Waals surface area contributed by atoms with Gasteiger partial charge in [-0.3, -0.25) is 9.59 Å². The number of hydrogen-bond acceptors (Lipinski definition) is 6. The van der Waals surface area contributed by atoms with Crippen molar-refractivity contribution in [2.45, 2.75) is 37.1 Å². The van der Waals surface area contributed by atoms with Crippen molar-refractivity contribution < 1.29 is 26.4 Å². The molecule has 1 amide bonds.